The number of hydrogen-bond acceptors (Lipinski definition) is 4. The fourth-order valence-electron chi connectivity index (χ4n) is 2.29. The van der Waals surface area contributed by atoms with Crippen molar-refractivity contribution in [3.05, 3.63) is 21.8 Å². The molecular weight excluding hydrogens is 204 g/mol. The van der Waals surface area contributed by atoms with Crippen LogP contribution in [0, 0.1) is 0 Å². The fourth-order valence-corrected chi connectivity index (χ4v) is 2.29. The van der Waals surface area contributed by atoms with E-state index in [-0.39, 0.29) is 0 Å². The third-order valence-corrected chi connectivity index (χ3v) is 3.16. The standard InChI is InChI=1S/C12H18N2O2/c1-3-14(4-2)11-9-7-5-6-8-10(9)13-12(15)16-11/h3-8H2,1-2H3. The second-order valence-corrected chi connectivity index (χ2v) is 4.09. The largest absolute Gasteiger partial charge is 0.440 e. The predicted molar refractivity (Wildman–Crippen MR) is 63.0 cm³/mol. The summed E-state index contributed by atoms with van der Waals surface area (Å²) in [6.45, 7) is 5.85. The predicted octanol–water partition coefficient (Wildman–Crippen LogP) is 1.76. The van der Waals surface area contributed by atoms with Gasteiger partial charge in [-0.1, -0.05) is 0 Å². The molecule has 0 atom stereocenters. The fraction of sp³-hybridized carbons (Fsp3) is 0.667. The SMILES string of the molecule is CCN(CC)c1oc(=O)nc2c1CCCC2. The normalized spacial score (nSPS) is 14.6. The van der Waals surface area contributed by atoms with Crippen LogP contribution in [0.5, 0.6) is 0 Å². The summed E-state index contributed by atoms with van der Waals surface area (Å²) in [7, 11) is 0. The van der Waals surface area contributed by atoms with Gasteiger partial charge in [-0.15, -0.1) is 0 Å². The Hall–Kier alpha value is -1.32. The number of nitrogens with zero attached hydrogens (tertiary/aromatic N) is 2. The maximum atomic E-state index is 11.4. The number of rotatable bonds is 3. The molecule has 1 aliphatic carbocycles. The quantitative estimate of drug-likeness (QED) is 0.781. The second kappa shape index (κ2) is 4.68. The third kappa shape index (κ3) is 1.96. The second-order valence-electron chi connectivity index (χ2n) is 4.09. The molecule has 1 aromatic heterocycles. The van der Waals surface area contributed by atoms with Crippen LogP contribution in [0.4, 0.5) is 5.88 Å². The minimum Gasteiger partial charge on any atom is -0.391 e. The van der Waals surface area contributed by atoms with Gasteiger partial charge < -0.3 is 9.32 Å². The molecule has 0 saturated heterocycles. The van der Waals surface area contributed by atoms with Crippen molar-refractivity contribution in [2.75, 3.05) is 18.0 Å². The highest BCUT2D eigenvalue weighted by Gasteiger charge is 2.20. The summed E-state index contributed by atoms with van der Waals surface area (Å²) in [5.41, 5.74) is 2.10. The van der Waals surface area contributed by atoms with E-state index >= 15 is 0 Å². The first kappa shape index (κ1) is 11.2. The Morgan fingerprint density at radius 3 is 2.62 bits per heavy atom. The van der Waals surface area contributed by atoms with Gasteiger partial charge in [0.05, 0.1) is 5.69 Å². The first-order valence-corrected chi connectivity index (χ1v) is 6.04. The summed E-state index contributed by atoms with van der Waals surface area (Å²) < 4.78 is 5.28. The van der Waals surface area contributed by atoms with E-state index in [1.807, 2.05) is 0 Å². The molecule has 0 fully saturated rings. The van der Waals surface area contributed by atoms with Gasteiger partial charge in [-0.3, -0.25) is 0 Å². The molecule has 0 amide bonds. The van der Waals surface area contributed by atoms with Crippen molar-refractivity contribution in [1.82, 2.24) is 4.98 Å². The Balaban J connectivity index is 2.50. The average molecular weight is 222 g/mol. The molecule has 0 N–H and O–H groups in total. The van der Waals surface area contributed by atoms with Crippen LogP contribution in [-0.4, -0.2) is 18.1 Å². The number of aromatic nitrogens is 1. The van der Waals surface area contributed by atoms with Gasteiger partial charge >= 0.3 is 5.76 Å². The van der Waals surface area contributed by atoms with Gasteiger partial charge in [-0.05, 0) is 39.5 Å². The number of anilines is 1. The van der Waals surface area contributed by atoms with Crippen molar-refractivity contribution in [2.24, 2.45) is 0 Å². The van der Waals surface area contributed by atoms with Crippen LogP contribution in [0.25, 0.3) is 0 Å². The molecule has 0 aromatic carbocycles. The van der Waals surface area contributed by atoms with Gasteiger partial charge in [0.1, 0.15) is 0 Å². The summed E-state index contributed by atoms with van der Waals surface area (Å²) >= 11 is 0. The molecule has 0 unspecified atom stereocenters. The lowest BCUT2D eigenvalue weighted by Crippen LogP contribution is -2.27. The zero-order valence-corrected chi connectivity index (χ0v) is 9.95. The van der Waals surface area contributed by atoms with Gasteiger partial charge in [-0.2, -0.15) is 4.98 Å². The van der Waals surface area contributed by atoms with E-state index in [1.54, 1.807) is 0 Å². The average Bonchev–Trinajstić information content (AvgIpc) is 2.30. The van der Waals surface area contributed by atoms with Gasteiger partial charge in [0.15, 0.2) is 0 Å². The van der Waals surface area contributed by atoms with Crippen molar-refractivity contribution in [3.8, 4) is 0 Å². The summed E-state index contributed by atoms with van der Waals surface area (Å²) in [5, 5.41) is 0. The highest BCUT2D eigenvalue weighted by Crippen LogP contribution is 2.27. The van der Waals surface area contributed by atoms with Crippen molar-refractivity contribution in [1.29, 1.82) is 0 Å². The molecule has 16 heavy (non-hydrogen) atoms. The van der Waals surface area contributed by atoms with Crippen molar-refractivity contribution >= 4 is 5.88 Å². The van der Waals surface area contributed by atoms with Gasteiger partial charge in [-0.25, -0.2) is 4.79 Å². The molecule has 0 spiro atoms. The molecule has 4 heteroatoms. The molecule has 88 valence electrons. The molecular formula is C12H18N2O2. The Labute approximate surface area is 95.3 Å². The Morgan fingerprint density at radius 2 is 1.94 bits per heavy atom. The van der Waals surface area contributed by atoms with Crippen molar-refractivity contribution < 1.29 is 4.42 Å². The summed E-state index contributed by atoms with van der Waals surface area (Å²) in [4.78, 5) is 17.5. The molecule has 1 aromatic rings. The highest BCUT2D eigenvalue weighted by molar-refractivity contribution is 5.46. The van der Waals surface area contributed by atoms with Crippen LogP contribution in [0.2, 0.25) is 0 Å². The maximum absolute atomic E-state index is 11.4. The van der Waals surface area contributed by atoms with Crippen LogP contribution >= 0.6 is 0 Å². The van der Waals surface area contributed by atoms with Crippen LogP contribution in [0.3, 0.4) is 0 Å². The van der Waals surface area contributed by atoms with E-state index in [9.17, 15) is 4.79 Å². The lowest BCUT2D eigenvalue weighted by molar-refractivity contribution is 0.454. The van der Waals surface area contributed by atoms with Crippen LogP contribution in [-0.2, 0) is 12.8 Å². The first-order valence-electron chi connectivity index (χ1n) is 6.04. The lowest BCUT2D eigenvalue weighted by Gasteiger charge is -2.24. The summed E-state index contributed by atoms with van der Waals surface area (Å²) in [6.07, 6.45) is 4.19. The number of fused-ring (bicyclic) bond motifs is 1. The van der Waals surface area contributed by atoms with Crippen molar-refractivity contribution in [3.63, 3.8) is 0 Å². The first-order chi connectivity index (χ1) is 7.76. The van der Waals surface area contributed by atoms with Crippen LogP contribution in [0.1, 0.15) is 37.9 Å². The Kier molecular flexibility index (Phi) is 3.27. The number of aryl methyl sites for hydroxylation is 1. The van der Waals surface area contributed by atoms with E-state index in [2.05, 4.69) is 23.7 Å². The Bertz CT molecular complexity index is 422. The molecule has 0 bridgehead atoms. The molecule has 1 aliphatic rings. The molecule has 0 radical (unpaired) electrons. The van der Waals surface area contributed by atoms with E-state index in [0.29, 0.717) is 0 Å². The van der Waals surface area contributed by atoms with Gasteiger partial charge in [0.25, 0.3) is 0 Å². The van der Waals surface area contributed by atoms with Crippen molar-refractivity contribution in [2.45, 2.75) is 39.5 Å². The molecule has 0 saturated carbocycles. The zero-order valence-electron chi connectivity index (χ0n) is 9.95. The van der Waals surface area contributed by atoms with E-state index in [4.69, 9.17) is 4.42 Å². The van der Waals surface area contributed by atoms with E-state index in [0.717, 1.165) is 55.9 Å². The summed E-state index contributed by atoms with van der Waals surface area (Å²) in [6, 6.07) is 0. The van der Waals surface area contributed by atoms with Crippen LogP contribution < -0.4 is 10.7 Å². The van der Waals surface area contributed by atoms with Gasteiger partial charge in [0.2, 0.25) is 5.88 Å². The molecule has 0 aliphatic heterocycles. The number of hydrogen-bond donors (Lipinski definition) is 0. The smallest absolute Gasteiger partial charge is 0.391 e. The van der Waals surface area contributed by atoms with Crippen LogP contribution in [0.15, 0.2) is 9.21 Å². The highest BCUT2D eigenvalue weighted by atomic mass is 16.4. The Morgan fingerprint density at radius 1 is 1.25 bits per heavy atom. The maximum Gasteiger partial charge on any atom is 0.440 e. The molecule has 1 heterocycles. The lowest BCUT2D eigenvalue weighted by atomic mass is 9.96. The minimum atomic E-state index is -0.456. The van der Waals surface area contributed by atoms with Gasteiger partial charge in [0, 0.05) is 18.7 Å². The molecule has 2 rings (SSSR count). The monoisotopic (exact) mass is 222 g/mol. The minimum absolute atomic E-state index is 0.456. The van der Waals surface area contributed by atoms with E-state index < -0.39 is 5.76 Å². The van der Waals surface area contributed by atoms with E-state index in [1.165, 1.54) is 0 Å². The zero-order chi connectivity index (χ0) is 11.5. The summed E-state index contributed by atoms with van der Waals surface area (Å²) in [5.74, 6) is 0.294. The topological polar surface area (TPSA) is 46.3 Å². The third-order valence-electron chi connectivity index (χ3n) is 3.16. The molecule has 4 nitrogen and oxygen atoms in total.